The summed E-state index contributed by atoms with van der Waals surface area (Å²) >= 11 is 5.91. The van der Waals surface area contributed by atoms with Gasteiger partial charge in [0.15, 0.2) is 0 Å². The predicted molar refractivity (Wildman–Crippen MR) is 85.5 cm³/mol. The first-order valence-electron chi connectivity index (χ1n) is 6.43. The Hall–Kier alpha value is -1.26. The van der Waals surface area contributed by atoms with Gasteiger partial charge >= 0.3 is 10.2 Å². The van der Waals surface area contributed by atoms with Crippen molar-refractivity contribution in [1.82, 2.24) is 4.31 Å². The lowest BCUT2D eigenvalue weighted by Gasteiger charge is -2.22. The molecule has 0 aliphatic heterocycles. The van der Waals surface area contributed by atoms with E-state index in [1.54, 1.807) is 32.0 Å². The quantitative estimate of drug-likeness (QED) is 0.812. The van der Waals surface area contributed by atoms with Crippen LogP contribution in [0.3, 0.4) is 0 Å². The molecule has 116 valence electrons. The van der Waals surface area contributed by atoms with Crippen LogP contribution in [-0.2, 0) is 10.2 Å². The molecule has 0 unspecified atom stereocenters. The molecule has 0 radical (unpaired) electrons. The third-order valence-electron chi connectivity index (χ3n) is 2.79. The minimum Gasteiger partial charge on any atom is -0.395 e. The van der Waals surface area contributed by atoms with Crippen LogP contribution in [0.1, 0.15) is 25.8 Å². The van der Waals surface area contributed by atoms with Gasteiger partial charge in [-0.1, -0.05) is 23.4 Å². The zero-order valence-corrected chi connectivity index (χ0v) is 13.8. The average Bonchev–Trinajstić information content (AvgIpc) is 2.40. The maximum Gasteiger partial charge on any atom is 0.301 e. The molecule has 0 saturated heterocycles. The van der Waals surface area contributed by atoms with E-state index in [-0.39, 0.29) is 12.6 Å². The maximum absolute atomic E-state index is 12.2. The summed E-state index contributed by atoms with van der Waals surface area (Å²) in [5.41, 5.74) is 0.828. The summed E-state index contributed by atoms with van der Waals surface area (Å²) < 4.78 is 28.1. The number of hydrogen-bond acceptors (Lipinski definition) is 3. The number of nitrogens with zero attached hydrogens (tertiary/aromatic N) is 1. The second kappa shape index (κ2) is 7.66. The molecule has 0 spiro atoms. The number of nitrogens with one attached hydrogen (secondary N) is 1. The van der Waals surface area contributed by atoms with E-state index in [4.69, 9.17) is 16.7 Å². The van der Waals surface area contributed by atoms with Crippen molar-refractivity contribution >= 4 is 27.5 Å². The van der Waals surface area contributed by atoms with E-state index in [0.29, 0.717) is 22.7 Å². The molecular formula is C14H19ClN2O3S. The monoisotopic (exact) mass is 330 g/mol. The Balaban J connectivity index is 3.12. The molecule has 21 heavy (non-hydrogen) atoms. The van der Waals surface area contributed by atoms with Crippen molar-refractivity contribution < 1.29 is 13.5 Å². The van der Waals surface area contributed by atoms with Gasteiger partial charge in [0, 0.05) is 24.5 Å². The van der Waals surface area contributed by atoms with E-state index in [1.807, 2.05) is 0 Å². The Morgan fingerprint density at radius 1 is 1.43 bits per heavy atom. The molecule has 0 amide bonds. The zero-order chi connectivity index (χ0) is 16.0. The number of aliphatic hydroxyl groups excluding tert-OH is 1. The first-order chi connectivity index (χ1) is 9.77. The van der Waals surface area contributed by atoms with E-state index in [1.165, 1.54) is 11.4 Å². The highest BCUT2D eigenvalue weighted by molar-refractivity contribution is 7.90. The summed E-state index contributed by atoms with van der Waals surface area (Å²) in [7, 11) is -2.16. The summed E-state index contributed by atoms with van der Waals surface area (Å²) in [5, 5.41) is 9.20. The van der Waals surface area contributed by atoms with Crippen molar-refractivity contribution in [3.05, 3.63) is 28.8 Å². The van der Waals surface area contributed by atoms with Gasteiger partial charge in [0.05, 0.1) is 17.9 Å². The minimum atomic E-state index is -3.66. The normalized spacial score (nSPS) is 11.4. The van der Waals surface area contributed by atoms with Gasteiger partial charge in [0.1, 0.15) is 0 Å². The number of halogens is 1. The molecule has 1 aromatic carbocycles. The summed E-state index contributed by atoms with van der Waals surface area (Å²) in [6.07, 6.45) is 0.310. The molecule has 0 heterocycles. The van der Waals surface area contributed by atoms with Crippen molar-refractivity contribution in [2.75, 3.05) is 18.4 Å². The van der Waals surface area contributed by atoms with E-state index in [2.05, 4.69) is 16.6 Å². The predicted octanol–water partition coefficient (Wildman–Crippen LogP) is 2.07. The van der Waals surface area contributed by atoms with Crippen LogP contribution in [0.4, 0.5) is 5.69 Å². The molecule has 0 fully saturated rings. The van der Waals surface area contributed by atoms with Crippen molar-refractivity contribution in [1.29, 1.82) is 0 Å². The lowest BCUT2D eigenvalue weighted by atomic mass is 10.2. The van der Waals surface area contributed by atoms with Gasteiger partial charge in [-0.05, 0) is 32.0 Å². The van der Waals surface area contributed by atoms with E-state index >= 15 is 0 Å². The minimum absolute atomic E-state index is 0.0509. The molecule has 7 heteroatoms. The number of aliphatic hydroxyl groups is 1. The molecule has 0 aromatic heterocycles. The van der Waals surface area contributed by atoms with Gasteiger partial charge in [0.25, 0.3) is 0 Å². The Bertz CT molecular complexity index is 648. The van der Waals surface area contributed by atoms with Crippen LogP contribution >= 0.6 is 11.6 Å². The Morgan fingerprint density at radius 3 is 2.67 bits per heavy atom. The number of anilines is 1. The average molecular weight is 331 g/mol. The first-order valence-corrected chi connectivity index (χ1v) is 8.24. The van der Waals surface area contributed by atoms with Gasteiger partial charge in [0.2, 0.25) is 0 Å². The highest BCUT2D eigenvalue weighted by atomic mass is 35.5. The third kappa shape index (κ3) is 5.21. The highest BCUT2D eigenvalue weighted by Crippen LogP contribution is 2.22. The van der Waals surface area contributed by atoms with Crippen molar-refractivity contribution in [3.63, 3.8) is 0 Å². The number of hydrogen-bond donors (Lipinski definition) is 2. The van der Waals surface area contributed by atoms with Gasteiger partial charge < -0.3 is 5.11 Å². The van der Waals surface area contributed by atoms with E-state index in [9.17, 15) is 8.42 Å². The molecule has 0 atom stereocenters. The molecule has 0 saturated carbocycles. The molecule has 2 N–H and O–H groups in total. The fourth-order valence-electron chi connectivity index (χ4n) is 1.41. The van der Waals surface area contributed by atoms with Crippen LogP contribution in [0, 0.1) is 11.8 Å². The number of rotatable bonds is 5. The second-order valence-electron chi connectivity index (χ2n) is 4.68. The fourth-order valence-corrected chi connectivity index (χ4v) is 2.74. The van der Waals surface area contributed by atoms with Crippen LogP contribution in [0.5, 0.6) is 0 Å². The van der Waals surface area contributed by atoms with Crippen LogP contribution in [0.15, 0.2) is 18.2 Å². The second-order valence-corrected chi connectivity index (χ2v) is 6.85. The lowest BCUT2D eigenvalue weighted by Crippen LogP contribution is -2.37. The standard InChI is InChI=1S/C14H19ClN2O3S/c1-11(2)17(3)21(19,20)16-14-8-7-13(15)10-12(14)6-4-5-9-18/h7-8,10-11,16,18H,5,9H2,1-3H3. The van der Waals surface area contributed by atoms with Gasteiger partial charge in [-0.25, -0.2) is 0 Å². The lowest BCUT2D eigenvalue weighted by molar-refractivity contribution is 0.305. The fraction of sp³-hybridized carbons (Fsp3) is 0.429. The van der Waals surface area contributed by atoms with Crippen LogP contribution in [0.25, 0.3) is 0 Å². The van der Waals surface area contributed by atoms with Gasteiger partial charge in [-0.3, -0.25) is 4.72 Å². The molecule has 0 aliphatic rings. The van der Waals surface area contributed by atoms with E-state index in [0.717, 1.165) is 0 Å². The summed E-state index contributed by atoms with van der Waals surface area (Å²) in [4.78, 5) is 0. The Morgan fingerprint density at radius 2 is 2.10 bits per heavy atom. The smallest absolute Gasteiger partial charge is 0.301 e. The summed E-state index contributed by atoms with van der Waals surface area (Å²) in [5.74, 6) is 5.56. The SMILES string of the molecule is CC(C)N(C)S(=O)(=O)Nc1ccc(Cl)cc1C#CCCO. The molecular weight excluding hydrogens is 312 g/mol. The Kier molecular flexibility index (Phi) is 6.49. The van der Waals surface area contributed by atoms with Crippen molar-refractivity contribution in [2.45, 2.75) is 26.3 Å². The third-order valence-corrected chi connectivity index (χ3v) is 4.68. The molecule has 1 rings (SSSR count). The van der Waals surface area contributed by atoms with Gasteiger partial charge in [-0.2, -0.15) is 12.7 Å². The summed E-state index contributed by atoms with van der Waals surface area (Å²) in [6, 6.07) is 4.57. The Labute approximate surface area is 131 Å². The zero-order valence-electron chi connectivity index (χ0n) is 12.2. The van der Waals surface area contributed by atoms with Crippen LogP contribution < -0.4 is 4.72 Å². The van der Waals surface area contributed by atoms with Crippen molar-refractivity contribution in [3.8, 4) is 11.8 Å². The van der Waals surface area contributed by atoms with E-state index < -0.39 is 10.2 Å². The first kappa shape index (κ1) is 17.8. The molecule has 0 bridgehead atoms. The molecule has 0 aliphatic carbocycles. The molecule has 1 aromatic rings. The van der Waals surface area contributed by atoms with Crippen LogP contribution in [0.2, 0.25) is 5.02 Å². The van der Waals surface area contributed by atoms with Gasteiger partial charge in [-0.15, -0.1) is 0 Å². The maximum atomic E-state index is 12.2. The highest BCUT2D eigenvalue weighted by Gasteiger charge is 2.21. The topological polar surface area (TPSA) is 69.6 Å². The number of benzene rings is 1. The largest absolute Gasteiger partial charge is 0.395 e. The molecule has 5 nitrogen and oxygen atoms in total. The summed E-state index contributed by atoms with van der Waals surface area (Å²) in [6.45, 7) is 3.51. The van der Waals surface area contributed by atoms with Crippen molar-refractivity contribution in [2.24, 2.45) is 0 Å². The van der Waals surface area contributed by atoms with Crippen LogP contribution in [-0.4, -0.2) is 37.5 Å².